The number of carbonyl (C=O) groups excluding carboxylic acids is 1. The average molecular weight is 288 g/mol. The Balaban J connectivity index is 1.91. The third-order valence-corrected chi connectivity index (χ3v) is 5.57. The molecular formula is C21H20O. The highest BCUT2D eigenvalue weighted by molar-refractivity contribution is 6.06. The lowest BCUT2D eigenvalue weighted by molar-refractivity contribution is -0.126. The fourth-order valence-electron chi connectivity index (χ4n) is 4.25. The van der Waals surface area contributed by atoms with Gasteiger partial charge in [0.15, 0.2) is 5.78 Å². The van der Waals surface area contributed by atoms with Gasteiger partial charge in [-0.2, -0.15) is 0 Å². The van der Waals surface area contributed by atoms with Crippen LogP contribution in [0.1, 0.15) is 43.0 Å². The standard InChI is InChI=1S/C21H20O/c1-20(2)17-10-6-7-11-18(17)21(3,19(20)22)16-12-14-8-4-5-9-15(14)13-16/h4-12H,13H2,1-3H3. The molecule has 4 rings (SSSR count). The number of Topliss-reactive ketones (excluding diaryl/α,β-unsaturated/α-hetero) is 1. The summed E-state index contributed by atoms with van der Waals surface area (Å²) in [5.41, 5.74) is 5.27. The molecule has 110 valence electrons. The number of rotatable bonds is 1. The number of hydrogen-bond acceptors (Lipinski definition) is 1. The molecule has 0 saturated heterocycles. The Hall–Kier alpha value is -2.15. The molecular weight excluding hydrogens is 268 g/mol. The van der Waals surface area contributed by atoms with Crippen molar-refractivity contribution in [2.45, 2.75) is 38.0 Å². The Labute approximate surface area is 131 Å². The minimum absolute atomic E-state index is 0.320. The molecule has 0 amide bonds. The molecule has 1 unspecified atom stereocenters. The summed E-state index contributed by atoms with van der Waals surface area (Å²) in [4.78, 5) is 13.3. The summed E-state index contributed by atoms with van der Waals surface area (Å²) in [6, 6.07) is 16.8. The number of allylic oxidation sites excluding steroid dienone is 1. The third kappa shape index (κ3) is 1.51. The Morgan fingerprint density at radius 3 is 2.23 bits per heavy atom. The largest absolute Gasteiger partial charge is 0.297 e. The second kappa shape index (κ2) is 4.19. The van der Waals surface area contributed by atoms with E-state index in [9.17, 15) is 4.79 Å². The molecule has 2 aromatic rings. The molecule has 1 heteroatoms. The number of ketones is 1. The van der Waals surface area contributed by atoms with Gasteiger partial charge in [-0.05, 0) is 55.0 Å². The van der Waals surface area contributed by atoms with E-state index in [4.69, 9.17) is 0 Å². The molecule has 0 saturated carbocycles. The molecule has 0 radical (unpaired) electrons. The maximum Gasteiger partial charge on any atom is 0.157 e. The van der Waals surface area contributed by atoms with E-state index in [0.717, 1.165) is 6.42 Å². The average Bonchev–Trinajstić information content (AvgIpc) is 3.03. The monoisotopic (exact) mass is 288 g/mol. The van der Waals surface area contributed by atoms with Gasteiger partial charge in [0.05, 0.1) is 5.41 Å². The predicted molar refractivity (Wildman–Crippen MR) is 90.0 cm³/mol. The maximum absolute atomic E-state index is 13.3. The zero-order valence-electron chi connectivity index (χ0n) is 13.3. The van der Waals surface area contributed by atoms with E-state index in [1.165, 1.54) is 27.8 Å². The first-order valence-electron chi connectivity index (χ1n) is 7.89. The number of carbonyl (C=O) groups is 1. The summed E-state index contributed by atoms with van der Waals surface area (Å²) >= 11 is 0. The van der Waals surface area contributed by atoms with Crippen molar-refractivity contribution in [2.75, 3.05) is 0 Å². The quantitative estimate of drug-likeness (QED) is 0.758. The molecule has 0 spiro atoms. The van der Waals surface area contributed by atoms with Crippen molar-refractivity contribution < 1.29 is 4.79 Å². The van der Waals surface area contributed by atoms with Gasteiger partial charge < -0.3 is 0 Å². The summed E-state index contributed by atoms with van der Waals surface area (Å²) in [6.07, 6.45) is 3.11. The van der Waals surface area contributed by atoms with Crippen molar-refractivity contribution in [1.29, 1.82) is 0 Å². The van der Waals surface area contributed by atoms with Crippen LogP contribution in [-0.2, 0) is 22.0 Å². The van der Waals surface area contributed by atoms with Crippen molar-refractivity contribution >= 4 is 11.9 Å². The maximum atomic E-state index is 13.3. The first-order chi connectivity index (χ1) is 10.5. The van der Waals surface area contributed by atoms with Crippen LogP contribution in [0.2, 0.25) is 0 Å². The fraction of sp³-hybridized carbons (Fsp3) is 0.286. The van der Waals surface area contributed by atoms with Crippen LogP contribution in [-0.4, -0.2) is 5.78 Å². The second-order valence-corrected chi connectivity index (χ2v) is 7.17. The minimum Gasteiger partial charge on any atom is -0.297 e. The van der Waals surface area contributed by atoms with Crippen LogP contribution in [0.15, 0.2) is 54.1 Å². The first kappa shape index (κ1) is 13.5. The van der Waals surface area contributed by atoms with Gasteiger partial charge in [-0.25, -0.2) is 0 Å². The van der Waals surface area contributed by atoms with E-state index >= 15 is 0 Å². The molecule has 22 heavy (non-hydrogen) atoms. The smallest absolute Gasteiger partial charge is 0.157 e. The Bertz CT molecular complexity index is 825. The first-order valence-corrected chi connectivity index (χ1v) is 7.89. The van der Waals surface area contributed by atoms with Crippen LogP contribution in [0.5, 0.6) is 0 Å². The van der Waals surface area contributed by atoms with Gasteiger partial charge in [-0.1, -0.05) is 54.6 Å². The highest BCUT2D eigenvalue weighted by Crippen LogP contribution is 2.52. The number of hydrogen-bond donors (Lipinski definition) is 0. The second-order valence-electron chi connectivity index (χ2n) is 7.17. The summed E-state index contributed by atoms with van der Waals surface area (Å²) < 4.78 is 0. The fourth-order valence-corrected chi connectivity index (χ4v) is 4.25. The van der Waals surface area contributed by atoms with Crippen molar-refractivity contribution in [3.8, 4) is 0 Å². The zero-order chi connectivity index (χ0) is 15.5. The van der Waals surface area contributed by atoms with Crippen molar-refractivity contribution in [2.24, 2.45) is 0 Å². The normalized spacial score (nSPS) is 24.9. The topological polar surface area (TPSA) is 17.1 Å². The SMILES string of the molecule is CC1(C)C(=O)C(C)(C2=Cc3ccccc3C2)c2ccccc21. The Kier molecular flexibility index (Phi) is 2.57. The molecule has 2 aliphatic rings. The third-order valence-electron chi connectivity index (χ3n) is 5.57. The van der Waals surface area contributed by atoms with E-state index in [1.54, 1.807) is 0 Å². The van der Waals surface area contributed by atoms with Gasteiger partial charge in [0.25, 0.3) is 0 Å². The van der Waals surface area contributed by atoms with Crippen molar-refractivity contribution in [3.05, 3.63) is 76.4 Å². The summed E-state index contributed by atoms with van der Waals surface area (Å²) in [5.74, 6) is 0.320. The predicted octanol–water partition coefficient (Wildman–Crippen LogP) is 4.44. The molecule has 0 aliphatic heterocycles. The van der Waals surface area contributed by atoms with Crippen LogP contribution in [0.25, 0.3) is 6.08 Å². The molecule has 1 nitrogen and oxygen atoms in total. The van der Waals surface area contributed by atoms with Crippen molar-refractivity contribution in [3.63, 3.8) is 0 Å². The molecule has 2 aromatic carbocycles. The van der Waals surface area contributed by atoms with E-state index < -0.39 is 10.8 Å². The van der Waals surface area contributed by atoms with Gasteiger partial charge in [-0.15, -0.1) is 0 Å². The van der Waals surface area contributed by atoms with Gasteiger partial charge in [0.2, 0.25) is 0 Å². The molecule has 0 aromatic heterocycles. The van der Waals surface area contributed by atoms with Crippen LogP contribution in [0, 0.1) is 0 Å². The number of benzene rings is 2. The van der Waals surface area contributed by atoms with Gasteiger partial charge in [0.1, 0.15) is 0 Å². The van der Waals surface area contributed by atoms with Gasteiger partial charge in [-0.3, -0.25) is 4.79 Å². The van der Waals surface area contributed by atoms with Crippen LogP contribution >= 0.6 is 0 Å². The summed E-state index contributed by atoms with van der Waals surface area (Å²) in [7, 11) is 0. The van der Waals surface area contributed by atoms with E-state index in [-0.39, 0.29) is 0 Å². The van der Waals surface area contributed by atoms with Gasteiger partial charge in [0, 0.05) is 5.41 Å². The van der Waals surface area contributed by atoms with Gasteiger partial charge >= 0.3 is 0 Å². The van der Waals surface area contributed by atoms with Crippen molar-refractivity contribution in [1.82, 2.24) is 0 Å². The molecule has 1 atom stereocenters. The summed E-state index contributed by atoms with van der Waals surface area (Å²) in [6.45, 7) is 6.23. The molecule has 2 aliphatic carbocycles. The lowest BCUT2D eigenvalue weighted by Crippen LogP contribution is -2.37. The molecule has 0 bridgehead atoms. The zero-order valence-corrected chi connectivity index (χ0v) is 13.3. The molecule has 0 fully saturated rings. The highest BCUT2D eigenvalue weighted by atomic mass is 16.1. The molecule has 0 N–H and O–H groups in total. The Morgan fingerprint density at radius 2 is 1.50 bits per heavy atom. The highest BCUT2D eigenvalue weighted by Gasteiger charge is 2.54. The lowest BCUT2D eigenvalue weighted by atomic mass is 9.73. The lowest BCUT2D eigenvalue weighted by Gasteiger charge is -2.28. The van der Waals surface area contributed by atoms with Crippen LogP contribution in [0.4, 0.5) is 0 Å². The van der Waals surface area contributed by atoms with E-state index in [2.05, 4.69) is 69.3 Å². The molecule has 0 heterocycles. The number of fused-ring (bicyclic) bond motifs is 2. The van der Waals surface area contributed by atoms with Crippen LogP contribution < -0.4 is 0 Å². The summed E-state index contributed by atoms with van der Waals surface area (Å²) in [5, 5.41) is 0. The Morgan fingerprint density at radius 1 is 0.864 bits per heavy atom. The van der Waals surface area contributed by atoms with E-state index in [1.807, 2.05) is 6.07 Å². The van der Waals surface area contributed by atoms with Crippen LogP contribution in [0.3, 0.4) is 0 Å². The van der Waals surface area contributed by atoms with E-state index in [0.29, 0.717) is 5.78 Å². The minimum atomic E-state index is -0.501.